The summed E-state index contributed by atoms with van der Waals surface area (Å²) in [6.07, 6.45) is 0. The standard InChI is InChI=1S/C27H29ClF2N6O2/c1-27(2,16-31)24-23(28)25(36(34-24)18-7-5-4-6-8-18)33-26(37)32-22-15-35(11-12-38-3)14-19(22)17-9-10-20(29)21(30)13-17/h4-10,13,19,22H,11-12,14-15H2,1-3H3,(H2,32,33,37)/t19-,22+/m0/s1. The zero-order valence-electron chi connectivity index (χ0n) is 21.3. The van der Waals surface area contributed by atoms with Crippen molar-refractivity contribution < 1.29 is 18.3 Å². The van der Waals surface area contributed by atoms with E-state index in [0.29, 0.717) is 43.2 Å². The summed E-state index contributed by atoms with van der Waals surface area (Å²) in [4.78, 5) is 15.4. The number of urea groups is 1. The number of hydrogen-bond acceptors (Lipinski definition) is 5. The highest BCUT2D eigenvalue weighted by molar-refractivity contribution is 6.34. The molecule has 1 saturated heterocycles. The molecule has 0 aliphatic carbocycles. The molecule has 2 aromatic carbocycles. The zero-order valence-corrected chi connectivity index (χ0v) is 22.1. The van der Waals surface area contributed by atoms with Crippen molar-refractivity contribution in [3.8, 4) is 11.8 Å². The van der Waals surface area contributed by atoms with Gasteiger partial charge in [-0.05, 0) is 43.7 Å². The molecule has 0 radical (unpaired) electrons. The molecule has 0 saturated carbocycles. The van der Waals surface area contributed by atoms with E-state index in [0.717, 1.165) is 6.07 Å². The molecule has 2 amide bonds. The molecule has 0 spiro atoms. The summed E-state index contributed by atoms with van der Waals surface area (Å²) in [6, 6.07) is 14.1. The fraction of sp³-hybridized carbons (Fsp3) is 0.370. The number of amides is 2. The van der Waals surface area contributed by atoms with Gasteiger partial charge in [0.15, 0.2) is 17.5 Å². The van der Waals surface area contributed by atoms with E-state index in [1.54, 1.807) is 33.1 Å². The van der Waals surface area contributed by atoms with Gasteiger partial charge < -0.3 is 10.1 Å². The van der Waals surface area contributed by atoms with Crippen molar-refractivity contribution in [3.05, 3.63) is 76.4 Å². The second-order valence-corrected chi connectivity index (χ2v) is 10.1. The lowest BCUT2D eigenvalue weighted by Gasteiger charge is -2.21. The maximum Gasteiger partial charge on any atom is 0.320 e. The average molecular weight is 543 g/mol. The number of likely N-dealkylation sites (tertiary alicyclic amines) is 1. The highest BCUT2D eigenvalue weighted by Crippen LogP contribution is 2.36. The molecule has 2 atom stereocenters. The van der Waals surface area contributed by atoms with Crippen molar-refractivity contribution in [2.24, 2.45) is 0 Å². The molecule has 1 aliphatic heterocycles. The van der Waals surface area contributed by atoms with Crippen molar-refractivity contribution in [3.63, 3.8) is 0 Å². The quantitative estimate of drug-likeness (QED) is 0.425. The van der Waals surface area contributed by atoms with Crippen molar-refractivity contribution in [2.45, 2.75) is 31.2 Å². The molecule has 4 rings (SSSR count). The van der Waals surface area contributed by atoms with Crippen LogP contribution in [0.15, 0.2) is 48.5 Å². The molecule has 2 N–H and O–H groups in total. The Kier molecular flexibility index (Phi) is 8.31. The number of para-hydroxylation sites is 1. The molecular weight excluding hydrogens is 514 g/mol. The van der Waals surface area contributed by atoms with Crippen LogP contribution in [0.3, 0.4) is 0 Å². The van der Waals surface area contributed by atoms with Crippen LogP contribution in [-0.2, 0) is 10.2 Å². The summed E-state index contributed by atoms with van der Waals surface area (Å²) in [6.45, 7) is 5.52. The van der Waals surface area contributed by atoms with E-state index in [1.165, 1.54) is 16.8 Å². The minimum Gasteiger partial charge on any atom is -0.383 e. The summed E-state index contributed by atoms with van der Waals surface area (Å²) in [5.74, 6) is -1.93. The van der Waals surface area contributed by atoms with E-state index in [9.17, 15) is 18.8 Å². The fourth-order valence-corrected chi connectivity index (χ4v) is 4.94. The number of aromatic nitrogens is 2. The van der Waals surface area contributed by atoms with E-state index in [1.807, 2.05) is 18.2 Å². The Morgan fingerprint density at radius 2 is 1.95 bits per heavy atom. The number of nitrogens with one attached hydrogen (secondary N) is 2. The average Bonchev–Trinajstić information content (AvgIpc) is 3.45. The largest absolute Gasteiger partial charge is 0.383 e. The third-order valence-corrected chi connectivity index (χ3v) is 6.99. The molecule has 0 bridgehead atoms. The van der Waals surface area contributed by atoms with Gasteiger partial charge in [0.2, 0.25) is 0 Å². The SMILES string of the molecule is COCCN1C[C@@H](NC(=O)Nc2c(Cl)c(C(C)(C)C#N)nn2-c2ccccc2)[C@H](c2ccc(F)c(F)c2)C1. The van der Waals surface area contributed by atoms with Crippen LogP contribution >= 0.6 is 11.6 Å². The van der Waals surface area contributed by atoms with Gasteiger partial charge in [-0.25, -0.2) is 18.3 Å². The summed E-state index contributed by atoms with van der Waals surface area (Å²) < 4.78 is 34.3. The normalized spacial score (nSPS) is 17.8. The predicted octanol–water partition coefficient (Wildman–Crippen LogP) is 4.84. The van der Waals surface area contributed by atoms with Crippen LogP contribution in [0.5, 0.6) is 0 Å². The van der Waals surface area contributed by atoms with Crippen molar-refractivity contribution >= 4 is 23.4 Å². The van der Waals surface area contributed by atoms with Crippen molar-refractivity contribution in [1.82, 2.24) is 20.0 Å². The number of nitrogens with zero attached hydrogens (tertiary/aromatic N) is 4. The molecule has 8 nitrogen and oxygen atoms in total. The van der Waals surface area contributed by atoms with E-state index < -0.39 is 29.1 Å². The number of hydrogen-bond donors (Lipinski definition) is 2. The van der Waals surface area contributed by atoms with Crippen LogP contribution in [0.1, 0.15) is 31.0 Å². The maximum absolute atomic E-state index is 14.0. The second kappa shape index (κ2) is 11.5. The molecular formula is C27H29ClF2N6O2. The number of carbonyl (C=O) groups is 1. The minimum absolute atomic E-state index is 0.154. The van der Waals surface area contributed by atoms with Gasteiger partial charge in [0.25, 0.3) is 0 Å². The molecule has 3 aromatic rings. The van der Waals surface area contributed by atoms with Gasteiger partial charge >= 0.3 is 6.03 Å². The number of nitriles is 1. The van der Waals surface area contributed by atoms with E-state index in [-0.39, 0.29) is 16.8 Å². The Bertz CT molecular complexity index is 1340. The topological polar surface area (TPSA) is 95.2 Å². The van der Waals surface area contributed by atoms with E-state index in [2.05, 4.69) is 26.7 Å². The molecule has 38 heavy (non-hydrogen) atoms. The van der Waals surface area contributed by atoms with Crippen LogP contribution in [-0.4, -0.2) is 60.1 Å². The Morgan fingerprint density at radius 1 is 1.21 bits per heavy atom. The van der Waals surface area contributed by atoms with Crippen LogP contribution < -0.4 is 10.6 Å². The van der Waals surface area contributed by atoms with Gasteiger partial charge in [0.1, 0.15) is 10.7 Å². The van der Waals surface area contributed by atoms with Crippen LogP contribution in [0.4, 0.5) is 19.4 Å². The fourth-order valence-electron chi connectivity index (χ4n) is 4.54. The lowest BCUT2D eigenvalue weighted by molar-refractivity contribution is 0.159. The number of methoxy groups -OCH3 is 1. The maximum atomic E-state index is 14.0. The van der Waals surface area contributed by atoms with E-state index in [4.69, 9.17) is 16.3 Å². The van der Waals surface area contributed by atoms with E-state index >= 15 is 0 Å². The molecule has 2 heterocycles. The first-order chi connectivity index (χ1) is 18.1. The third-order valence-electron chi connectivity index (χ3n) is 6.63. The van der Waals surface area contributed by atoms with Crippen molar-refractivity contribution in [2.75, 3.05) is 38.7 Å². The number of halogens is 3. The lowest BCUT2D eigenvalue weighted by Crippen LogP contribution is -2.42. The summed E-state index contributed by atoms with van der Waals surface area (Å²) in [5, 5.41) is 20.1. The minimum atomic E-state index is -1.00. The van der Waals surface area contributed by atoms with Gasteiger partial charge in [-0.1, -0.05) is 35.9 Å². The Balaban J connectivity index is 1.61. The van der Waals surface area contributed by atoms with Gasteiger partial charge in [-0.15, -0.1) is 0 Å². The summed E-state index contributed by atoms with van der Waals surface area (Å²) in [5.41, 5.74) is 0.553. The van der Waals surface area contributed by atoms with Crippen molar-refractivity contribution in [1.29, 1.82) is 5.26 Å². The van der Waals surface area contributed by atoms with Crippen LogP contribution in [0.25, 0.3) is 5.69 Å². The first kappa shape index (κ1) is 27.5. The molecule has 0 unspecified atom stereocenters. The zero-order chi connectivity index (χ0) is 27.4. The van der Waals surface area contributed by atoms with Crippen LogP contribution in [0.2, 0.25) is 5.02 Å². The molecule has 1 aliphatic rings. The number of ether oxygens (including phenoxy) is 1. The van der Waals surface area contributed by atoms with Gasteiger partial charge in [0.05, 0.1) is 29.8 Å². The molecule has 11 heteroatoms. The number of carbonyl (C=O) groups excluding carboxylic acids is 1. The molecule has 1 fully saturated rings. The number of anilines is 1. The highest BCUT2D eigenvalue weighted by Gasteiger charge is 2.36. The number of benzene rings is 2. The third kappa shape index (κ3) is 5.80. The Hall–Kier alpha value is -3.52. The molecule has 200 valence electrons. The van der Waals surface area contributed by atoms with Gasteiger partial charge in [0, 0.05) is 32.7 Å². The lowest BCUT2D eigenvalue weighted by atomic mass is 9.91. The summed E-state index contributed by atoms with van der Waals surface area (Å²) in [7, 11) is 1.60. The second-order valence-electron chi connectivity index (χ2n) is 9.73. The smallest absolute Gasteiger partial charge is 0.320 e. The van der Waals surface area contributed by atoms with Crippen LogP contribution in [0, 0.1) is 23.0 Å². The first-order valence-electron chi connectivity index (χ1n) is 12.1. The number of rotatable bonds is 8. The Labute approximate surface area is 225 Å². The highest BCUT2D eigenvalue weighted by atomic mass is 35.5. The first-order valence-corrected chi connectivity index (χ1v) is 12.5. The summed E-state index contributed by atoms with van der Waals surface area (Å²) >= 11 is 6.66. The van der Waals surface area contributed by atoms with Gasteiger partial charge in [-0.3, -0.25) is 10.2 Å². The monoisotopic (exact) mass is 542 g/mol. The molecule has 1 aromatic heterocycles. The Morgan fingerprint density at radius 3 is 2.61 bits per heavy atom. The predicted molar refractivity (Wildman–Crippen MR) is 141 cm³/mol. The van der Waals surface area contributed by atoms with Gasteiger partial charge in [-0.2, -0.15) is 10.4 Å².